The van der Waals surface area contributed by atoms with Gasteiger partial charge in [0.1, 0.15) is 0 Å². The summed E-state index contributed by atoms with van der Waals surface area (Å²) in [6.07, 6.45) is -2.80. The molecule has 17 heavy (non-hydrogen) atoms. The van der Waals surface area contributed by atoms with E-state index in [4.69, 9.17) is 0 Å². The lowest BCUT2D eigenvalue weighted by Gasteiger charge is -2.34. The number of nitrogens with zero attached hydrogens (tertiary/aromatic N) is 1. The van der Waals surface area contributed by atoms with Crippen molar-refractivity contribution in [2.75, 3.05) is 26.2 Å². The lowest BCUT2D eigenvalue weighted by atomic mass is 9.96. The SMILES string of the molecule is O=C1CC(CN2CCCC(C(F)(F)F)C2)CN1. The Morgan fingerprint density at radius 2 is 2.18 bits per heavy atom. The summed E-state index contributed by atoms with van der Waals surface area (Å²) in [5.74, 6) is -1.00. The third-order valence-corrected chi connectivity index (χ3v) is 3.55. The van der Waals surface area contributed by atoms with Crippen LogP contribution >= 0.6 is 0 Å². The number of amides is 1. The predicted molar refractivity (Wildman–Crippen MR) is 56.3 cm³/mol. The van der Waals surface area contributed by atoms with Gasteiger partial charge in [-0.2, -0.15) is 13.2 Å². The Morgan fingerprint density at radius 3 is 2.76 bits per heavy atom. The van der Waals surface area contributed by atoms with Gasteiger partial charge in [-0.25, -0.2) is 0 Å². The van der Waals surface area contributed by atoms with Crippen LogP contribution in [0.25, 0.3) is 0 Å². The standard InChI is InChI=1S/C11H17F3N2O/c12-11(13,14)9-2-1-3-16(7-9)6-8-4-10(17)15-5-8/h8-9H,1-7H2,(H,15,17). The molecule has 2 aliphatic rings. The highest BCUT2D eigenvalue weighted by Crippen LogP contribution is 2.33. The molecule has 0 bridgehead atoms. The first kappa shape index (κ1) is 12.7. The molecule has 2 unspecified atom stereocenters. The van der Waals surface area contributed by atoms with E-state index in [1.54, 1.807) is 0 Å². The van der Waals surface area contributed by atoms with E-state index in [1.807, 2.05) is 4.90 Å². The molecule has 0 aromatic heterocycles. The fourth-order valence-corrected chi connectivity index (χ4v) is 2.65. The van der Waals surface area contributed by atoms with Gasteiger partial charge in [0.15, 0.2) is 0 Å². The first-order chi connectivity index (χ1) is 7.95. The maximum Gasteiger partial charge on any atom is 0.393 e. The van der Waals surface area contributed by atoms with Crippen molar-refractivity contribution in [3.63, 3.8) is 0 Å². The van der Waals surface area contributed by atoms with Crippen molar-refractivity contribution in [3.8, 4) is 0 Å². The second-order valence-corrected chi connectivity index (χ2v) is 5.01. The number of likely N-dealkylation sites (tertiary alicyclic amines) is 1. The Kier molecular flexibility index (Phi) is 3.61. The Bertz CT molecular complexity index is 293. The van der Waals surface area contributed by atoms with Crippen molar-refractivity contribution in [1.82, 2.24) is 10.2 Å². The van der Waals surface area contributed by atoms with Crippen molar-refractivity contribution in [3.05, 3.63) is 0 Å². The highest BCUT2D eigenvalue weighted by Gasteiger charge is 2.42. The minimum absolute atomic E-state index is 0.0133. The van der Waals surface area contributed by atoms with Crippen LogP contribution in [0, 0.1) is 11.8 Å². The van der Waals surface area contributed by atoms with Gasteiger partial charge in [-0.3, -0.25) is 4.79 Å². The molecular weight excluding hydrogens is 233 g/mol. The number of halogens is 3. The van der Waals surface area contributed by atoms with Gasteiger partial charge in [-0.1, -0.05) is 0 Å². The van der Waals surface area contributed by atoms with Crippen LogP contribution in [0.2, 0.25) is 0 Å². The van der Waals surface area contributed by atoms with Crippen molar-refractivity contribution in [2.24, 2.45) is 11.8 Å². The zero-order valence-corrected chi connectivity index (χ0v) is 9.59. The zero-order chi connectivity index (χ0) is 12.5. The lowest BCUT2D eigenvalue weighted by Crippen LogP contribution is -2.43. The van der Waals surface area contributed by atoms with Crippen molar-refractivity contribution < 1.29 is 18.0 Å². The molecule has 2 heterocycles. The average Bonchev–Trinajstić information content (AvgIpc) is 2.63. The normalized spacial score (nSPS) is 31.6. The molecule has 2 fully saturated rings. The third kappa shape index (κ3) is 3.34. The van der Waals surface area contributed by atoms with Crippen LogP contribution < -0.4 is 5.32 Å². The molecule has 0 aromatic carbocycles. The number of hydrogen-bond donors (Lipinski definition) is 1. The fraction of sp³-hybridized carbons (Fsp3) is 0.909. The Morgan fingerprint density at radius 1 is 1.41 bits per heavy atom. The zero-order valence-electron chi connectivity index (χ0n) is 9.59. The summed E-state index contributed by atoms with van der Waals surface area (Å²) < 4.78 is 37.8. The van der Waals surface area contributed by atoms with Gasteiger partial charge >= 0.3 is 6.18 Å². The molecule has 2 rings (SSSR count). The van der Waals surface area contributed by atoms with E-state index < -0.39 is 12.1 Å². The number of piperidine rings is 1. The summed E-state index contributed by atoms with van der Waals surface area (Å²) in [5.41, 5.74) is 0. The van der Waals surface area contributed by atoms with Crippen molar-refractivity contribution in [2.45, 2.75) is 25.4 Å². The summed E-state index contributed by atoms with van der Waals surface area (Å²) in [6, 6.07) is 0. The summed E-state index contributed by atoms with van der Waals surface area (Å²) >= 11 is 0. The molecule has 0 aliphatic carbocycles. The van der Waals surface area contributed by atoms with Crippen LogP contribution in [0.3, 0.4) is 0 Å². The minimum Gasteiger partial charge on any atom is -0.356 e. The molecule has 1 N–H and O–H groups in total. The smallest absolute Gasteiger partial charge is 0.356 e. The topological polar surface area (TPSA) is 32.3 Å². The number of rotatable bonds is 2. The molecule has 3 nitrogen and oxygen atoms in total. The number of carbonyl (C=O) groups excluding carboxylic acids is 1. The maximum absolute atomic E-state index is 12.6. The Labute approximate surface area is 98.3 Å². The molecule has 6 heteroatoms. The Hall–Kier alpha value is -0.780. The second-order valence-electron chi connectivity index (χ2n) is 5.01. The lowest BCUT2D eigenvalue weighted by molar-refractivity contribution is -0.187. The summed E-state index contributed by atoms with van der Waals surface area (Å²) in [6.45, 7) is 2.02. The van der Waals surface area contributed by atoms with Crippen LogP contribution in [-0.4, -0.2) is 43.2 Å². The molecule has 2 atom stereocenters. The maximum atomic E-state index is 12.6. The highest BCUT2D eigenvalue weighted by molar-refractivity contribution is 5.78. The largest absolute Gasteiger partial charge is 0.393 e. The summed E-state index contributed by atoms with van der Waals surface area (Å²) in [4.78, 5) is 12.9. The molecule has 0 saturated carbocycles. The highest BCUT2D eigenvalue weighted by atomic mass is 19.4. The number of alkyl halides is 3. The molecular formula is C11H17F3N2O. The van der Waals surface area contributed by atoms with Crippen molar-refractivity contribution >= 4 is 5.91 Å². The van der Waals surface area contributed by atoms with Gasteiger partial charge in [-0.15, -0.1) is 0 Å². The van der Waals surface area contributed by atoms with E-state index in [0.29, 0.717) is 25.9 Å². The average molecular weight is 250 g/mol. The molecule has 1 amide bonds. The van der Waals surface area contributed by atoms with Gasteiger partial charge in [0.05, 0.1) is 5.92 Å². The van der Waals surface area contributed by atoms with E-state index in [-0.39, 0.29) is 24.8 Å². The van der Waals surface area contributed by atoms with Crippen LogP contribution in [0.1, 0.15) is 19.3 Å². The Balaban J connectivity index is 1.83. The van der Waals surface area contributed by atoms with E-state index in [2.05, 4.69) is 5.32 Å². The molecule has 2 aliphatic heterocycles. The number of nitrogens with one attached hydrogen (secondary N) is 1. The van der Waals surface area contributed by atoms with Gasteiger partial charge in [0.25, 0.3) is 0 Å². The molecule has 0 aromatic rings. The van der Waals surface area contributed by atoms with E-state index in [0.717, 1.165) is 6.54 Å². The first-order valence-corrected chi connectivity index (χ1v) is 6.01. The van der Waals surface area contributed by atoms with Crippen LogP contribution in [0.5, 0.6) is 0 Å². The van der Waals surface area contributed by atoms with Crippen LogP contribution in [0.15, 0.2) is 0 Å². The van der Waals surface area contributed by atoms with Gasteiger partial charge < -0.3 is 10.2 Å². The summed E-state index contributed by atoms with van der Waals surface area (Å²) in [5, 5.41) is 2.71. The third-order valence-electron chi connectivity index (χ3n) is 3.55. The van der Waals surface area contributed by atoms with E-state index in [1.165, 1.54) is 0 Å². The van der Waals surface area contributed by atoms with E-state index >= 15 is 0 Å². The number of carbonyl (C=O) groups is 1. The number of hydrogen-bond acceptors (Lipinski definition) is 2. The van der Waals surface area contributed by atoms with Gasteiger partial charge in [0.2, 0.25) is 5.91 Å². The molecule has 0 spiro atoms. The minimum atomic E-state index is -4.08. The van der Waals surface area contributed by atoms with Gasteiger partial charge in [-0.05, 0) is 25.3 Å². The second kappa shape index (κ2) is 4.84. The van der Waals surface area contributed by atoms with Gasteiger partial charge in [0, 0.05) is 26.1 Å². The molecule has 98 valence electrons. The molecule has 0 radical (unpaired) electrons. The van der Waals surface area contributed by atoms with E-state index in [9.17, 15) is 18.0 Å². The molecule has 2 saturated heterocycles. The predicted octanol–water partition coefficient (Wildman–Crippen LogP) is 1.40. The monoisotopic (exact) mass is 250 g/mol. The van der Waals surface area contributed by atoms with Crippen molar-refractivity contribution in [1.29, 1.82) is 0 Å². The quantitative estimate of drug-likeness (QED) is 0.803. The van der Waals surface area contributed by atoms with Crippen LogP contribution in [-0.2, 0) is 4.79 Å². The summed E-state index contributed by atoms with van der Waals surface area (Å²) in [7, 11) is 0. The van der Waals surface area contributed by atoms with Crippen LogP contribution in [0.4, 0.5) is 13.2 Å². The fourth-order valence-electron chi connectivity index (χ4n) is 2.65. The first-order valence-electron chi connectivity index (χ1n) is 6.01.